The summed E-state index contributed by atoms with van der Waals surface area (Å²) in [6.07, 6.45) is 6.04. The number of hydrogen-bond donors (Lipinski definition) is 0. The van der Waals surface area contributed by atoms with Crippen LogP contribution in [0.3, 0.4) is 0 Å². The molecule has 0 aromatic carbocycles. The highest BCUT2D eigenvalue weighted by molar-refractivity contribution is 5.56. The molecule has 0 saturated carbocycles. The minimum absolute atomic E-state index is 0.00347. The average molecular weight is 154 g/mol. The molecule has 0 heterocycles. The minimum atomic E-state index is -0.00347. The van der Waals surface area contributed by atoms with Crippen LogP contribution in [-0.2, 0) is 9.53 Å². The Morgan fingerprint density at radius 2 is 2.36 bits per heavy atom. The van der Waals surface area contributed by atoms with E-state index in [1.165, 1.54) is 0 Å². The minimum Gasteiger partial charge on any atom is -0.377 e. The van der Waals surface area contributed by atoms with Crippen molar-refractivity contribution in [3.63, 3.8) is 0 Å². The maximum atomic E-state index is 10.6. The molecule has 0 aromatic rings. The van der Waals surface area contributed by atoms with Gasteiger partial charge in [0.15, 0.2) is 0 Å². The van der Waals surface area contributed by atoms with Gasteiger partial charge in [0.05, 0.1) is 6.10 Å². The first-order chi connectivity index (χ1) is 5.29. The molecule has 0 radical (unpaired) electrons. The average Bonchev–Trinajstić information content (AvgIpc) is 2.04. The molecule has 0 amide bonds. The summed E-state index contributed by atoms with van der Waals surface area (Å²) >= 11 is 0. The van der Waals surface area contributed by atoms with Crippen molar-refractivity contribution >= 4 is 6.29 Å². The molecule has 2 nitrogen and oxygen atoms in total. The molecule has 0 fully saturated rings. The summed E-state index contributed by atoms with van der Waals surface area (Å²) < 4.78 is 5.15. The Kier molecular flexibility index (Phi) is 2.83. The van der Waals surface area contributed by atoms with Gasteiger partial charge in [0.25, 0.3) is 0 Å². The largest absolute Gasteiger partial charge is 0.377 e. The van der Waals surface area contributed by atoms with Crippen LogP contribution < -0.4 is 0 Å². The van der Waals surface area contributed by atoms with Crippen LogP contribution >= 0.6 is 0 Å². The summed E-state index contributed by atoms with van der Waals surface area (Å²) in [5.74, 6) is 0.465. The molecule has 11 heavy (non-hydrogen) atoms. The van der Waals surface area contributed by atoms with Crippen LogP contribution in [0.15, 0.2) is 12.2 Å². The summed E-state index contributed by atoms with van der Waals surface area (Å²) in [6.45, 7) is 2.08. The number of rotatable bonds is 2. The Morgan fingerprint density at radius 3 is 2.82 bits per heavy atom. The Balaban J connectivity index is 2.68. The highest BCUT2D eigenvalue weighted by Crippen LogP contribution is 2.25. The Hall–Kier alpha value is -0.630. The third-order valence-corrected chi connectivity index (χ3v) is 2.30. The summed E-state index contributed by atoms with van der Waals surface area (Å²) in [4.78, 5) is 10.6. The normalized spacial score (nSPS) is 37.1. The number of aldehydes is 1. The van der Waals surface area contributed by atoms with Gasteiger partial charge in [0, 0.05) is 13.0 Å². The van der Waals surface area contributed by atoms with Gasteiger partial charge in [-0.05, 0) is 12.3 Å². The molecular formula is C9H14O2. The van der Waals surface area contributed by atoms with E-state index < -0.39 is 0 Å². The van der Waals surface area contributed by atoms with Gasteiger partial charge in [-0.3, -0.25) is 0 Å². The molecular weight excluding hydrogens is 140 g/mol. The van der Waals surface area contributed by atoms with Gasteiger partial charge in [-0.2, -0.15) is 0 Å². The van der Waals surface area contributed by atoms with E-state index in [0.717, 1.165) is 12.7 Å². The second-order valence-corrected chi connectivity index (χ2v) is 3.05. The molecule has 1 rings (SSSR count). The summed E-state index contributed by atoms with van der Waals surface area (Å²) in [5.41, 5.74) is 0. The number of ether oxygens (including phenoxy) is 1. The second kappa shape index (κ2) is 3.67. The number of methoxy groups -OCH3 is 1. The first-order valence-corrected chi connectivity index (χ1v) is 3.94. The number of carbonyl (C=O) groups excluding carboxylic acids is 1. The van der Waals surface area contributed by atoms with E-state index in [0.29, 0.717) is 5.92 Å². The van der Waals surface area contributed by atoms with Crippen molar-refractivity contribution in [1.82, 2.24) is 0 Å². The van der Waals surface area contributed by atoms with Crippen LogP contribution in [0.2, 0.25) is 0 Å². The number of allylic oxidation sites excluding steroid dienone is 1. The van der Waals surface area contributed by atoms with Crippen molar-refractivity contribution < 1.29 is 9.53 Å². The third kappa shape index (κ3) is 1.69. The fourth-order valence-electron chi connectivity index (χ4n) is 1.48. The van der Waals surface area contributed by atoms with Crippen LogP contribution in [0.1, 0.15) is 13.3 Å². The van der Waals surface area contributed by atoms with E-state index in [1.807, 2.05) is 6.08 Å². The van der Waals surface area contributed by atoms with Gasteiger partial charge in [0.2, 0.25) is 0 Å². The first-order valence-electron chi connectivity index (χ1n) is 3.94. The van der Waals surface area contributed by atoms with Crippen LogP contribution in [-0.4, -0.2) is 19.5 Å². The lowest BCUT2D eigenvalue weighted by atomic mass is 9.83. The van der Waals surface area contributed by atoms with Gasteiger partial charge in [0.1, 0.15) is 6.29 Å². The van der Waals surface area contributed by atoms with Gasteiger partial charge in [-0.15, -0.1) is 0 Å². The lowest BCUT2D eigenvalue weighted by Crippen LogP contribution is -2.30. The highest BCUT2D eigenvalue weighted by atomic mass is 16.5. The molecule has 3 atom stereocenters. The molecule has 0 unspecified atom stereocenters. The van der Waals surface area contributed by atoms with E-state index in [-0.39, 0.29) is 12.0 Å². The van der Waals surface area contributed by atoms with Crippen LogP contribution in [0, 0.1) is 11.8 Å². The fraction of sp³-hybridized carbons (Fsp3) is 0.667. The zero-order valence-electron chi connectivity index (χ0n) is 6.99. The zero-order chi connectivity index (χ0) is 8.27. The fourth-order valence-corrected chi connectivity index (χ4v) is 1.48. The standard InChI is InChI=1S/C9H14O2/c1-7-4-3-5-9(11-2)8(7)6-10/h3,5-9H,4H2,1-2H3/t7-,8+,9-/m0/s1. The van der Waals surface area contributed by atoms with Crippen molar-refractivity contribution in [2.45, 2.75) is 19.4 Å². The molecule has 2 heteroatoms. The van der Waals surface area contributed by atoms with E-state index in [2.05, 4.69) is 13.0 Å². The summed E-state index contributed by atoms with van der Waals surface area (Å²) in [7, 11) is 1.64. The molecule has 0 aliphatic heterocycles. The van der Waals surface area contributed by atoms with E-state index >= 15 is 0 Å². The van der Waals surface area contributed by atoms with Crippen molar-refractivity contribution in [3.8, 4) is 0 Å². The lowest BCUT2D eigenvalue weighted by molar-refractivity contribution is -0.116. The van der Waals surface area contributed by atoms with E-state index in [9.17, 15) is 4.79 Å². The molecule has 0 spiro atoms. The van der Waals surface area contributed by atoms with Crippen molar-refractivity contribution in [1.29, 1.82) is 0 Å². The Bertz CT molecular complexity index is 163. The molecule has 1 aliphatic rings. The molecule has 0 N–H and O–H groups in total. The van der Waals surface area contributed by atoms with Crippen LogP contribution in [0.25, 0.3) is 0 Å². The van der Waals surface area contributed by atoms with Gasteiger partial charge in [-0.1, -0.05) is 19.1 Å². The van der Waals surface area contributed by atoms with Gasteiger partial charge in [-0.25, -0.2) is 0 Å². The van der Waals surface area contributed by atoms with Gasteiger partial charge < -0.3 is 9.53 Å². The SMILES string of the molecule is CO[C@H]1C=CC[C@H](C)[C@H]1C=O. The first kappa shape index (κ1) is 8.47. The Labute approximate surface area is 67.2 Å². The molecule has 0 bridgehead atoms. The predicted molar refractivity (Wildman–Crippen MR) is 43.3 cm³/mol. The second-order valence-electron chi connectivity index (χ2n) is 3.05. The predicted octanol–water partition coefficient (Wildman–Crippen LogP) is 1.41. The molecule has 0 saturated heterocycles. The van der Waals surface area contributed by atoms with Gasteiger partial charge >= 0.3 is 0 Å². The topological polar surface area (TPSA) is 26.3 Å². The molecule has 1 aliphatic carbocycles. The smallest absolute Gasteiger partial charge is 0.126 e. The summed E-state index contributed by atoms with van der Waals surface area (Å²) in [6, 6.07) is 0. The molecule has 0 aromatic heterocycles. The van der Waals surface area contributed by atoms with E-state index in [1.54, 1.807) is 7.11 Å². The maximum Gasteiger partial charge on any atom is 0.126 e. The van der Waals surface area contributed by atoms with Crippen molar-refractivity contribution in [3.05, 3.63) is 12.2 Å². The number of carbonyl (C=O) groups is 1. The molecule has 62 valence electrons. The lowest BCUT2D eigenvalue weighted by Gasteiger charge is -2.27. The zero-order valence-corrected chi connectivity index (χ0v) is 6.99. The number of hydrogen-bond acceptors (Lipinski definition) is 2. The van der Waals surface area contributed by atoms with Crippen molar-refractivity contribution in [2.24, 2.45) is 11.8 Å². The Morgan fingerprint density at radius 1 is 1.64 bits per heavy atom. The monoisotopic (exact) mass is 154 g/mol. The maximum absolute atomic E-state index is 10.6. The third-order valence-electron chi connectivity index (χ3n) is 2.30. The summed E-state index contributed by atoms with van der Waals surface area (Å²) in [5, 5.41) is 0. The quantitative estimate of drug-likeness (QED) is 0.444. The van der Waals surface area contributed by atoms with Crippen molar-refractivity contribution in [2.75, 3.05) is 7.11 Å². The highest BCUT2D eigenvalue weighted by Gasteiger charge is 2.26. The van der Waals surface area contributed by atoms with Crippen LogP contribution in [0.5, 0.6) is 0 Å². The van der Waals surface area contributed by atoms with Crippen LogP contribution in [0.4, 0.5) is 0 Å². The van der Waals surface area contributed by atoms with E-state index in [4.69, 9.17) is 4.74 Å².